The van der Waals surface area contributed by atoms with Gasteiger partial charge in [-0.15, -0.1) is 0 Å². The van der Waals surface area contributed by atoms with E-state index < -0.39 is 6.04 Å². The lowest BCUT2D eigenvalue weighted by Gasteiger charge is -2.19. The van der Waals surface area contributed by atoms with Crippen LogP contribution in [0.5, 0.6) is 11.5 Å². The maximum atomic E-state index is 12.8. The lowest BCUT2D eigenvalue weighted by Crippen LogP contribution is -2.35. The highest BCUT2D eigenvalue weighted by Crippen LogP contribution is 2.33. The van der Waals surface area contributed by atoms with Gasteiger partial charge in [0.2, 0.25) is 5.91 Å². The van der Waals surface area contributed by atoms with E-state index in [1.165, 1.54) is 4.90 Å². The average Bonchev–Trinajstić information content (AvgIpc) is 2.89. The smallest absolute Gasteiger partial charge is 0.256 e. The van der Waals surface area contributed by atoms with Crippen molar-refractivity contribution >= 4 is 23.2 Å². The first kappa shape index (κ1) is 16.8. The van der Waals surface area contributed by atoms with Crippen LogP contribution < -0.4 is 19.7 Å². The first-order valence-electron chi connectivity index (χ1n) is 8.13. The number of amides is 2. The number of nitrogens with zero attached hydrogens (tertiary/aromatic N) is 1. The predicted molar refractivity (Wildman–Crippen MR) is 95.1 cm³/mol. The molecule has 1 heterocycles. The van der Waals surface area contributed by atoms with Crippen molar-refractivity contribution in [2.75, 3.05) is 23.9 Å². The molecule has 1 fully saturated rings. The topological polar surface area (TPSA) is 67.9 Å². The minimum absolute atomic E-state index is 0.0938. The molecule has 0 spiro atoms. The third-order valence-corrected chi connectivity index (χ3v) is 3.96. The van der Waals surface area contributed by atoms with E-state index in [9.17, 15) is 9.59 Å². The van der Waals surface area contributed by atoms with E-state index in [1.807, 2.05) is 31.2 Å². The standard InChI is InChI=1S/C19H20N2O4/c1-3-25-17-10-5-4-9-16(17)21-18(22)12-15(19(21)23)20-13-7-6-8-14(11-13)24-2/h4-11,15,20H,3,12H2,1-2H3. The van der Waals surface area contributed by atoms with Crippen molar-refractivity contribution in [3.05, 3.63) is 48.5 Å². The second kappa shape index (κ2) is 7.25. The summed E-state index contributed by atoms with van der Waals surface area (Å²) < 4.78 is 10.7. The summed E-state index contributed by atoms with van der Waals surface area (Å²) in [5, 5.41) is 3.11. The van der Waals surface area contributed by atoms with Crippen LogP contribution in [-0.4, -0.2) is 31.6 Å². The maximum absolute atomic E-state index is 12.8. The van der Waals surface area contributed by atoms with Gasteiger partial charge in [-0.25, -0.2) is 4.90 Å². The van der Waals surface area contributed by atoms with Crippen LogP contribution >= 0.6 is 0 Å². The largest absolute Gasteiger partial charge is 0.497 e. The number of carbonyl (C=O) groups is 2. The molecule has 2 aromatic rings. The summed E-state index contributed by atoms with van der Waals surface area (Å²) in [5.74, 6) is 0.659. The second-order valence-electron chi connectivity index (χ2n) is 5.60. The molecular weight excluding hydrogens is 320 g/mol. The van der Waals surface area contributed by atoms with Crippen molar-refractivity contribution < 1.29 is 19.1 Å². The average molecular weight is 340 g/mol. The van der Waals surface area contributed by atoms with Gasteiger partial charge >= 0.3 is 0 Å². The Labute approximate surface area is 146 Å². The molecule has 1 aliphatic heterocycles. The Balaban J connectivity index is 1.83. The number of imide groups is 1. The fourth-order valence-corrected chi connectivity index (χ4v) is 2.83. The molecule has 1 unspecified atom stereocenters. The molecule has 3 rings (SSSR count). The minimum Gasteiger partial charge on any atom is -0.497 e. The zero-order valence-electron chi connectivity index (χ0n) is 14.2. The van der Waals surface area contributed by atoms with Crippen LogP contribution in [0.2, 0.25) is 0 Å². The Hall–Kier alpha value is -3.02. The van der Waals surface area contributed by atoms with Crippen molar-refractivity contribution in [1.82, 2.24) is 0 Å². The highest BCUT2D eigenvalue weighted by atomic mass is 16.5. The first-order chi connectivity index (χ1) is 12.1. The SMILES string of the molecule is CCOc1ccccc1N1C(=O)CC(Nc2cccc(OC)c2)C1=O. The van der Waals surface area contributed by atoms with E-state index in [-0.39, 0.29) is 18.2 Å². The summed E-state index contributed by atoms with van der Waals surface area (Å²) in [4.78, 5) is 26.4. The molecule has 25 heavy (non-hydrogen) atoms. The van der Waals surface area contributed by atoms with E-state index >= 15 is 0 Å². The molecule has 0 aromatic heterocycles. The molecule has 6 nitrogen and oxygen atoms in total. The molecule has 2 aromatic carbocycles. The van der Waals surface area contributed by atoms with Crippen molar-refractivity contribution in [2.24, 2.45) is 0 Å². The van der Waals surface area contributed by atoms with Crippen LogP contribution in [0.3, 0.4) is 0 Å². The number of carbonyl (C=O) groups excluding carboxylic acids is 2. The van der Waals surface area contributed by atoms with Crippen LogP contribution in [0.4, 0.5) is 11.4 Å². The van der Waals surface area contributed by atoms with Crippen molar-refractivity contribution in [2.45, 2.75) is 19.4 Å². The quantitative estimate of drug-likeness (QED) is 0.819. The van der Waals surface area contributed by atoms with E-state index in [4.69, 9.17) is 9.47 Å². The van der Waals surface area contributed by atoms with Crippen LogP contribution in [0.15, 0.2) is 48.5 Å². The molecule has 1 saturated heterocycles. The van der Waals surface area contributed by atoms with Gasteiger partial charge in [0.25, 0.3) is 5.91 Å². The molecule has 0 aliphatic carbocycles. The number of hydrogen-bond acceptors (Lipinski definition) is 5. The van der Waals surface area contributed by atoms with Gasteiger partial charge in [0.05, 0.1) is 25.8 Å². The van der Waals surface area contributed by atoms with Gasteiger partial charge in [-0.3, -0.25) is 9.59 Å². The number of rotatable bonds is 6. The van der Waals surface area contributed by atoms with Gasteiger partial charge in [0, 0.05) is 11.8 Å². The Morgan fingerprint density at radius 2 is 1.96 bits per heavy atom. The molecule has 2 amide bonds. The summed E-state index contributed by atoms with van der Waals surface area (Å²) in [6.07, 6.45) is 0.0938. The van der Waals surface area contributed by atoms with Crippen LogP contribution in [-0.2, 0) is 9.59 Å². The number of anilines is 2. The van der Waals surface area contributed by atoms with Crippen LogP contribution in [0, 0.1) is 0 Å². The van der Waals surface area contributed by atoms with E-state index in [0.29, 0.717) is 23.8 Å². The Morgan fingerprint density at radius 1 is 1.16 bits per heavy atom. The minimum atomic E-state index is -0.616. The number of benzene rings is 2. The normalized spacial score (nSPS) is 16.9. The van der Waals surface area contributed by atoms with Crippen molar-refractivity contribution in [3.8, 4) is 11.5 Å². The summed E-state index contributed by atoms with van der Waals surface area (Å²) in [6, 6.07) is 13.7. The zero-order chi connectivity index (χ0) is 17.8. The number of para-hydroxylation sites is 2. The molecule has 0 bridgehead atoms. The lowest BCUT2D eigenvalue weighted by atomic mass is 10.2. The predicted octanol–water partition coefficient (Wildman–Crippen LogP) is 2.84. The molecule has 6 heteroatoms. The summed E-state index contributed by atoms with van der Waals surface area (Å²) >= 11 is 0. The number of methoxy groups -OCH3 is 1. The Kier molecular flexibility index (Phi) is 4.88. The third-order valence-electron chi connectivity index (χ3n) is 3.96. The monoisotopic (exact) mass is 340 g/mol. The summed E-state index contributed by atoms with van der Waals surface area (Å²) in [6.45, 7) is 2.32. The summed E-state index contributed by atoms with van der Waals surface area (Å²) in [7, 11) is 1.58. The molecule has 1 atom stereocenters. The van der Waals surface area contributed by atoms with Gasteiger partial charge in [0.15, 0.2) is 0 Å². The zero-order valence-corrected chi connectivity index (χ0v) is 14.2. The van der Waals surface area contributed by atoms with E-state index in [1.54, 1.807) is 31.4 Å². The van der Waals surface area contributed by atoms with Gasteiger partial charge in [-0.05, 0) is 31.2 Å². The second-order valence-corrected chi connectivity index (χ2v) is 5.60. The van der Waals surface area contributed by atoms with Gasteiger partial charge in [-0.1, -0.05) is 18.2 Å². The molecule has 1 N–H and O–H groups in total. The van der Waals surface area contributed by atoms with Gasteiger partial charge in [0.1, 0.15) is 17.5 Å². The Morgan fingerprint density at radius 3 is 2.72 bits per heavy atom. The Bertz CT molecular complexity index is 790. The van der Waals surface area contributed by atoms with Crippen molar-refractivity contribution in [1.29, 1.82) is 0 Å². The number of ether oxygens (including phenoxy) is 2. The molecular formula is C19H20N2O4. The summed E-state index contributed by atoms with van der Waals surface area (Å²) in [5.41, 5.74) is 1.21. The number of nitrogens with one attached hydrogen (secondary N) is 1. The van der Waals surface area contributed by atoms with Crippen LogP contribution in [0.1, 0.15) is 13.3 Å². The third kappa shape index (κ3) is 3.42. The van der Waals surface area contributed by atoms with Gasteiger partial charge in [-0.2, -0.15) is 0 Å². The van der Waals surface area contributed by atoms with Gasteiger partial charge < -0.3 is 14.8 Å². The number of hydrogen-bond donors (Lipinski definition) is 1. The molecule has 1 aliphatic rings. The highest BCUT2D eigenvalue weighted by molar-refractivity contribution is 6.23. The van der Waals surface area contributed by atoms with E-state index in [0.717, 1.165) is 5.69 Å². The molecule has 130 valence electrons. The maximum Gasteiger partial charge on any atom is 0.256 e. The molecule has 0 saturated carbocycles. The lowest BCUT2D eigenvalue weighted by molar-refractivity contribution is -0.121. The van der Waals surface area contributed by atoms with Crippen molar-refractivity contribution in [3.63, 3.8) is 0 Å². The fraction of sp³-hybridized carbons (Fsp3) is 0.263. The first-order valence-corrected chi connectivity index (χ1v) is 8.13. The fourth-order valence-electron chi connectivity index (χ4n) is 2.83. The molecule has 0 radical (unpaired) electrons. The van der Waals surface area contributed by atoms with E-state index in [2.05, 4.69) is 5.32 Å². The van der Waals surface area contributed by atoms with Crippen LogP contribution in [0.25, 0.3) is 0 Å². The highest BCUT2D eigenvalue weighted by Gasteiger charge is 2.40.